The zero-order chi connectivity index (χ0) is 11.5. The molecule has 96 valence electrons. The van der Waals surface area contributed by atoms with E-state index in [2.05, 4.69) is 0 Å². The molecule has 16 heavy (non-hydrogen) atoms. The molecule has 0 aromatic rings. The van der Waals surface area contributed by atoms with E-state index in [1.54, 1.807) is 0 Å². The van der Waals surface area contributed by atoms with Crippen LogP contribution in [0.3, 0.4) is 0 Å². The number of hydrogen-bond acceptors (Lipinski definition) is 3. The molecule has 1 saturated carbocycles. The lowest BCUT2D eigenvalue weighted by atomic mass is 9.93. The van der Waals surface area contributed by atoms with Crippen LogP contribution in [0, 0.1) is 0 Å². The number of ether oxygens (including phenoxy) is 1. The molecule has 0 spiro atoms. The molecular formula is C12H24ClNO2. The molecule has 0 aromatic carbocycles. The van der Waals surface area contributed by atoms with Crippen molar-refractivity contribution in [1.82, 2.24) is 0 Å². The Kier molecular flexibility index (Phi) is 5.77. The van der Waals surface area contributed by atoms with E-state index in [4.69, 9.17) is 10.5 Å². The molecule has 4 heteroatoms. The van der Waals surface area contributed by atoms with Crippen LogP contribution in [0.2, 0.25) is 0 Å². The SMILES string of the molecule is CC(C)(C)OC(=O)CCC1(N)CCCC1.Cl. The van der Waals surface area contributed by atoms with Crippen LogP contribution in [0.1, 0.15) is 59.3 Å². The molecule has 1 aliphatic rings. The van der Waals surface area contributed by atoms with Crippen LogP contribution >= 0.6 is 12.4 Å². The topological polar surface area (TPSA) is 52.3 Å². The van der Waals surface area contributed by atoms with Crippen LogP contribution in [0.15, 0.2) is 0 Å². The van der Waals surface area contributed by atoms with Crippen LogP contribution in [0.5, 0.6) is 0 Å². The molecule has 1 fully saturated rings. The standard InChI is InChI=1S/C12H23NO2.ClH/c1-11(2,3)15-10(14)6-9-12(13)7-4-5-8-12;/h4-9,13H2,1-3H3;1H. The number of carbonyl (C=O) groups is 1. The number of halogens is 1. The lowest BCUT2D eigenvalue weighted by Crippen LogP contribution is -2.37. The zero-order valence-corrected chi connectivity index (χ0v) is 11.4. The number of nitrogens with two attached hydrogens (primary N) is 1. The van der Waals surface area contributed by atoms with Crippen molar-refractivity contribution < 1.29 is 9.53 Å². The summed E-state index contributed by atoms with van der Waals surface area (Å²) in [6.45, 7) is 5.66. The molecule has 0 aliphatic heterocycles. The first-order valence-corrected chi connectivity index (χ1v) is 5.82. The molecule has 0 aromatic heterocycles. The Labute approximate surface area is 105 Å². The van der Waals surface area contributed by atoms with Crippen molar-refractivity contribution in [3.8, 4) is 0 Å². The first kappa shape index (κ1) is 15.7. The summed E-state index contributed by atoms with van der Waals surface area (Å²) in [6, 6.07) is 0. The molecular weight excluding hydrogens is 226 g/mol. The van der Waals surface area contributed by atoms with Gasteiger partial charge in [-0.2, -0.15) is 0 Å². The molecule has 0 radical (unpaired) electrons. The van der Waals surface area contributed by atoms with E-state index in [0.717, 1.165) is 19.3 Å². The Morgan fingerprint density at radius 1 is 1.31 bits per heavy atom. The van der Waals surface area contributed by atoms with Gasteiger partial charge in [0.15, 0.2) is 0 Å². The van der Waals surface area contributed by atoms with Gasteiger partial charge in [0, 0.05) is 12.0 Å². The van der Waals surface area contributed by atoms with Crippen molar-refractivity contribution in [2.24, 2.45) is 5.73 Å². The Morgan fingerprint density at radius 3 is 2.25 bits per heavy atom. The second-order valence-corrected chi connectivity index (χ2v) is 5.66. The highest BCUT2D eigenvalue weighted by Crippen LogP contribution is 2.31. The third-order valence-electron chi connectivity index (χ3n) is 2.85. The minimum atomic E-state index is -0.380. The fourth-order valence-electron chi connectivity index (χ4n) is 2.07. The third kappa shape index (κ3) is 5.71. The zero-order valence-electron chi connectivity index (χ0n) is 10.5. The summed E-state index contributed by atoms with van der Waals surface area (Å²) in [5, 5.41) is 0. The Hall–Kier alpha value is -0.280. The molecule has 3 nitrogen and oxygen atoms in total. The average Bonchev–Trinajstić information content (AvgIpc) is 2.47. The average molecular weight is 250 g/mol. The van der Waals surface area contributed by atoms with E-state index in [1.807, 2.05) is 20.8 Å². The van der Waals surface area contributed by atoms with Crippen LogP contribution in [-0.2, 0) is 9.53 Å². The van der Waals surface area contributed by atoms with Gasteiger partial charge in [0.1, 0.15) is 5.60 Å². The van der Waals surface area contributed by atoms with Crippen LogP contribution in [0.25, 0.3) is 0 Å². The van der Waals surface area contributed by atoms with E-state index in [9.17, 15) is 4.79 Å². The minimum Gasteiger partial charge on any atom is -0.460 e. The Morgan fingerprint density at radius 2 is 1.81 bits per heavy atom. The third-order valence-corrected chi connectivity index (χ3v) is 2.85. The van der Waals surface area contributed by atoms with E-state index < -0.39 is 0 Å². The van der Waals surface area contributed by atoms with Crippen LogP contribution in [-0.4, -0.2) is 17.1 Å². The van der Waals surface area contributed by atoms with Gasteiger partial charge in [0.2, 0.25) is 0 Å². The smallest absolute Gasteiger partial charge is 0.306 e. The first-order valence-electron chi connectivity index (χ1n) is 5.82. The van der Waals surface area contributed by atoms with Crippen LogP contribution < -0.4 is 5.73 Å². The van der Waals surface area contributed by atoms with E-state index in [1.165, 1.54) is 12.8 Å². The van der Waals surface area contributed by atoms with Gasteiger partial charge < -0.3 is 10.5 Å². The summed E-state index contributed by atoms with van der Waals surface area (Å²) in [6.07, 6.45) is 5.72. The number of rotatable bonds is 3. The summed E-state index contributed by atoms with van der Waals surface area (Å²) in [5.74, 6) is -0.126. The first-order chi connectivity index (χ1) is 6.81. The largest absolute Gasteiger partial charge is 0.460 e. The maximum absolute atomic E-state index is 11.5. The second kappa shape index (κ2) is 5.87. The van der Waals surface area contributed by atoms with E-state index >= 15 is 0 Å². The van der Waals surface area contributed by atoms with Gasteiger partial charge in [-0.1, -0.05) is 12.8 Å². The van der Waals surface area contributed by atoms with Gasteiger partial charge in [-0.15, -0.1) is 12.4 Å². The molecule has 2 N–H and O–H groups in total. The van der Waals surface area contributed by atoms with Gasteiger partial charge in [-0.25, -0.2) is 0 Å². The van der Waals surface area contributed by atoms with E-state index in [-0.39, 0.29) is 29.5 Å². The molecule has 0 saturated heterocycles. The van der Waals surface area contributed by atoms with Gasteiger partial charge in [-0.3, -0.25) is 4.79 Å². The molecule has 1 rings (SSSR count). The summed E-state index contributed by atoms with van der Waals surface area (Å²) in [5.41, 5.74) is 5.68. The van der Waals surface area contributed by atoms with Crippen molar-refractivity contribution in [2.75, 3.05) is 0 Å². The van der Waals surface area contributed by atoms with Crippen LogP contribution in [0.4, 0.5) is 0 Å². The molecule has 0 bridgehead atoms. The predicted molar refractivity (Wildman–Crippen MR) is 67.7 cm³/mol. The normalized spacial score (nSPS) is 19.0. The quantitative estimate of drug-likeness (QED) is 0.783. The Bertz CT molecular complexity index is 230. The molecule has 0 amide bonds. The summed E-state index contributed by atoms with van der Waals surface area (Å²) >= 11 is 0. The van der Waals surface area contributed by atoms with Crippen molar-refractivity contribution in [1.29, 1.82) is 0 Å². The minimum absolute atomic E-state index is 0. The maximum Gasteiger partial charge on any atom is 0.306 e. The van der Waals surface area contributed by atoms with Gasteiger partial charge in [0.25, 0.3) is 0 Å². The number of hydrogen-bond donors (Lipinski definition) is 1. The molecule has 1 aliphatic carbocycles. The van der Waals surface area contributed by atoms with Crippen molar-refractivity contribution in [3.63, 3.8) is 0 Å². The van der Waals surface area contributed by atoms with Crippen molar-refractivity contribution in [3.05, 3.63) is 0 Å². The number of esters is 1. The fraction of sp³-hybridized carbons (Fsp3) is 0.917. The van der Waals surface area contributed by atoms with Crippen molar-refractivity contribution in [2.45, 2.75) is 70.4 Å². The molecule has 0 unspecified atom stereocenters. The summed E-state index contributed by atoms with van der Waals surface area (Å²) in [7, 11) is 0. The summed E-state index contributed by atoms with van der Waals surface area (Å²) < 4.78 is 5.25. The van der Waals surface area contributed by atoms with Gasteiger partial charge in [0.05, 0.1) is 0 Å². The highest BCUT2D eigenvalue weighted by molar-refractivity contribution is 5.85. The lowest BCUT2D eigenvalue weighted by Gasteiger charge is -2.24. The second-order valence-electron chi connectivity index (χ2n) is 5.66. The maximum atomic E-state index is 11.5. The highest BCUT2D eigenvalue weighted by Gasteiger charge is 2.30. The predicted octanol–water partition coefficient (Wildman–Crippen LogP) is 2.80. The van der Waals surface area contributed by atoms with Gasteiger partial charge >= 0.3 is 5.97 Å². The Balaban J connectivity index is 0.00000225. The summed E-state index contributed by atoms with van der Waals surface area (Å²) in [4.78, 5) is 11.5. The lowest BCUT2D eigenvalue weighted by molar-refractivity contribution is -0.155. The molecule has 0 heterocycles. The monoisotopic (exact) mass is 249 g/mol. The van der Waals surface area contributed by atoms with Crippen molar-refractivity contribution >= 4 is 18.4 Å². The molecule has 0 atom stereocenters. The number of carbonyl (C=O) groups excluding carboxylic acids is 1. The van der Waals surface area contributed by atoms with Gasteiger partial charge in [-0.05, 0) is 40.0 Å². The highest BCUT2D eigenvalue weighted by atomic mass is 35.5. The fourth-order valence-corrected chi connectivity index (χ4v) is 2.07. The van der Waals surface area contributed by atoms with E-state index in [0.29, 0.717) is 6.42 Å².